The van der Waals surface area contributed by atoms with Crippen LogP contribution in [-0.2, 0) is 11.3 Å². The number of hydrazone groups is 1. The van der Waals surface area contributed by atoms with E-state index in [1.807, 2.05) is 24.3 Å². The monoisotopic (exact) mass is 695 g/mol. The zero-order chi connectivity index (χ0) is 35.3. The number of methoxy groups -OCH3 is 1. The van der Waals surface area contributed by atoms with E-state index in [1.54, 1.807) is 24.1 Å². The van der Waals surface area contributed by atoms with Crippen LogP contribution in [0.25, 0.3) is 11.0 Å². The minimum Gasteiger partial charge on any atom is -0.497 e. The Labute approximate surface area is 292 Å². The van der Waals surface area contributed by atoms with E-state index in [2.05, 4.69) is 20.7 Å². The van der Waals surface area contributed by atoms with Crippen LogP contribution in [0.5, 0.6) is 23.1 Å². The van der Waals surface area contributed by atoms with E-state index >= 15 is 4.39 Å². The highest BCUT2D eigenvalue weighted by molar-refractivity contribution is 6.05. The number of nitrogens with one attached hydrogen (secondary N) is 2. The number of ether oxygens (including phenoxy) is 3. The fraction of sp³-hybridized carbons (Fsp3) is 0.270. The van der Waals surface area contributed by atoms with Crippen LogP contribution < -0.4 is 24.8 Å². The van der Waals surface area contributed by atoms with Gasteiger partial charge < -0.3 is 24.8 Å². The maximum Gasteiger partial charge on any atom is 0.349 e. The van der Waals surface area contributed by atoms with Crippen molar-refractivity contribution in [1.29, 1.82) is 0 Å². The molecule has 14 heteroatoms. The maximum atomic E-state index is 15.6. The lowest BCUT2D eigenvalue weighted by atomic mass is 9.94. The zero-order valence-electron chi connectivity index (χ0n) is 27.7. The summed E-state index contributed by atoms with van der Waals surface area (Å²) >= 11 is 0. The summed E-state index contributed by atoms with van der Waals surface area (Å²) in [7, 11) is 1.61. The molecule has 0 radical (unpaired) electrons. The van der Waals surface area contributed by atoms with Gasteiger partial charge in [0.15, 0.2) is 17.2 Å². The number of imide groups is 1. The Kier molecular flexibility index (Phi) is 9.83. The number of halogens is 2. The van der Waals surface area contributed by atoms with Crippen molar-refractivity contribution in [1.82, 2.24) is 25.1 Å². The molecule has 51 heavy (non-hydrogen) atoms. The smallest absolute Gasteiger partial charge is 0.349 e. The van der Waals surface area contributed by atoms with Gasteiger partial charge in [0.1, 0.15) is 22.7 Å². The van der Waals surface area contributed by atoms with Crippen LogP contribution in [-0.4, -0.2) is 64.7 Å². The van der Waals surface area contributed by atoms with Crippen molar-refractivity contribution in [2.75, 3.05) is 32.1 Å². The van der Waals surface area contributed by atoms with Crippen molar-refractivity contribution in [2.24, 2.45) is 11.0 Å². The van der Waals surface area contributed by atoms with Crippen LogP contribution in [0.1, 0.15) is 36.3 Å². The Morgan fingerprint density at radius 2 is 1.78 bits per heavy atom. The van der Waals surface area contributed by atoms with Crippen molar-refractivity contribution < 1.29 is 32.6 Å². The standard InChI is InChI=1S/C37H35F2N7O5/c1-49-28-9-2-23(3-10-28)21-45-34-33(35(44-45)50-22-24-12-16-40-17-13-24)32(15-18-41-34)51-31-11-8-27(20-30(31)39)43-37(48)46-36(47)29(14-19-42-46)25-4-6-26(38)7-5-25/h2-11,15,18-20,24,29,40H,12-14,16-17,21-22H2,1H3,(H,43,48). The quantitative estimate of drug-likeness (QED) is 0.170. The summed E-state index contributed by atoms with van der Waals surface area (Å²) in [5, 5.41) is 15.8. The number of piperidine rings is 1. The lowest BCUT2D eigenvalue weighted by Crippen LogP contribution is -2.41. The Hall–Kier alpha value is -5.89. The average Bonchev–Trinajstić information content (AvgIpc) is 3.50. The minimum absolute atomic E-state index is 0.0786. The molecule has 12 nitrogen and oxygen atoms in total. The fourth-order valence-corrected chi connectivity index (χ4v) is 6.10. The highest BCUT2D eigenvalue weighted by Gasteiger charge is 2.33. The first-order chi connectivity index (χ1) is 24.9. The van der Waals surface area contributed by atoms with Crippen LogP contribution in [0.2, 0.25) is 0 Å². The van der Waals surface area contributed by atoms with Crippen LogP contribution in [0.3, 0.4) is 0 Å². The molecule has 2 aliphatic heterocycles. The number of urea groups is 1. The first-order valence-corrected chi connectivity index (χ1v) is 16.6. The second-order valence-corrected chi connectivity index (χ2v) is 12.3. The van der Waals surface area contributed by atoms with E-state index < -0.39 is 29.5 Å². The second-order valence-electron chi connectivity index (χ2n) is 12.3. The fourth-order valence-electron chi connectivity index (χ4n) is 6.10. The maximum absolute atomic E-state index is 15.6. The van der Waals surface area contributed by atoms with E-state index in [0.717, 1.165) is 43.3 Å². The number of pyridine rings is 1. The molecule has 5 aromatic rings. The third-order valence-electron chi connectivity index (χ3n) is 8.88. The summed E-state index contributed by atoms with van der Waals surface area (Å²) in [5.74, 6) is -0.910. The summed E-state index contributed by atoms with van der Waals surface area (Å²) in [4.78, 5) is 30.7. The molecule has 7 rings (SSSR count). The van der Waals surface area contributed by atoms with Crippen molar-refractivity contribution in [2.45, 2.75) is 31.7 Å². The van der Waals surface area contributed by atoms with Crippen LogP contribution in [0.4, 0.5) is 19.3 Å². The molecule has 0 saturated carbocycles. The van der Waals surface area contributed by atoms with Crippen LogP contribution >= 0.6 is 0 Å². The lowest BCUT2D eigenvalue weighted by Gasteiger charge is -2.25. The van der Waals surface area contributed by atoms with Gasteiger partial charge in [-0.25, -0.2) is 23.2 Å². The second kappa shape index (κ2) is 14.9. The predicted octanol–water partition coefficient (Wildman–Crippen LogP) is 6.47. The molecule has 1 fully saturated rings. The van der Waals surface area contributed by atoms with E-state index in [0.29, 0.717) is 46.6 Å². The number of carbonyl (C=O) groups excluding carboxylic acids is 2. The number of rotatable bonds is 10. The van der Waals surface area contributed by atoms with Gasteiger partial charge in [0.2, 0.25) is 5.88 Å². The number of fused-ring (bicyclic) bond motifs is 1. The molecular formula is C37H35F2N7O5. The van der Waals surface area contributed by atoms with Gasteiger partial charge in [0.05, 0.1) is 26.2 Å². The van der Waals surface area contributed by atoms with Crippen molar-refractivity contribution in [3.05, 3.63) is 102 Å². The van der Waals surface area contributed by atoms with E-state index in [9.17, 15) is 14.0 Å². The predicted molar refractivity (Wildman–Crippen MR) is 185 cm³/mol. The highest BCUT2D eigenvalue weighted by atomic mass is 19.1. The van der Waals surface area contributed by atoms with Crippen LogP contribution in [0, 0.1) is 17.6 Å². The summed E-state index contributed by atoms with van der Waals surface area (Å²) in [5.41, 5.74) is 2.09. The number of hydrogen-bond donors (Lipinski definition) is 2. The number of anilines is 1. The average molecular weight is 696 g/mol. The van der Waals surface area contributed by atoms with E-state index in [-0.39, 0.29) is 23.6 Å². The van der Waals surface area contributed by atoms with Gasteiger partial charge in [-0.1, -0.05) is 24.3 Å². The number of benzene rings is 3. The summed E-state index contributed by atoms with van der Waals surface area (Å²) in [6, 6.07) is 17.8. The third kappa shape index (κ3) is 7.50. The molecule has 2 N–H and O–H groups in total. The molecule has 1 atom stereocenters. The summed E-state index contributed by atoms with van der Waals surface area (Å²) < 4.78 is 48.4. The molecule has 3 amide bonds. The number of nitrogens with zero attached hydrogens (tertiary/aromatic N) is 5. The Morgan fingerprint density at radius 1 is 1.00 bits per heavy atom. The SMILES string of the molecule is COc1ccc(Cn2nc(OCC3CCNCC3)c3c(Oc4ccc(NC(=O)N5N=CCC(c6ccc(F)cc6)C5=O)cc4F)ccnc32)cc1. The van der Waals surface area contributed by atoms with Crippen LogP contribution in [0.15, 0.2) is 84.1 Å². The minimum atomic E-state index is -0.869. The van der Waals surface area contributed by atoms with Gasteiger partial charge in [0.25, 0.3) is 5.91 Å². The molecule has 2 aromatic heterocycles. The zero-order valence-corrected chi connectivity index (χ0v) is 27.7. The van der Waals surface area contributed by atoms with Crippen molar-refractivity contribution in [3.8, 4) is 23.1 Å². The number of amides is 3. The van der Waals surface area contributed by atoms with Gasteiger partial charge in [-0.15, -0.1) is 10.1 Å². The Bertz CT molecular complexity index is 2060. The molecule has 0 bridgehead atoms. The Morgan fingerprint density at radius 3 is 2.53 bits per heavy atom. The van der Waals surface area contributed by atoms with Crippen molar-refractivity contribution >= 4 is 34.9 Å². The van der Waals surface area contributed by atoms with E-state index in [4.69, 9.17) is 19.3 Å². The normalized spacial score (nSPS) is 16.3. The van der Waals surface area contributed by atoms with Gasteiger partial charge in [0, 0.05) is 36.7 Å². The van der Waals surface area contributed by atoms with E-state index in [1.165, 1.54) is 42.6 Å². The summed E-state index contributed by atoms with van der Waals surface area (Å²) in [6.07, 6.45) is 5.21. The van der Waals surface area contributed by atoms with Gasteiger partial charge in [-0.3, -0.25) is 4.79 Å². The molecule has 3 aromatic carbocycles. The van der Waals surface area contributed by atoms with Crippen molar-refractivity contribution in [3.63, 3.8) is 0 Å². The number of hydrogen-bond acceptors (Lipinski definition) is 9. The summed E-state index contributed by atoms with van der Waals surface area (Å²) in [6.45, 7) is 2.70. The van der Waals surface area contributed by atoms with Gasteiger partial charge in [-0.05, 0) is 79.4 Å². The largest absolute Gasteiger partial charge is 0.497 e. The first-order valence-electron chi connectivity index (χ1n) is 16.6. The first kappa shape index (κ1) is 33.6. The number of aromatic nitrogens is 3. The molecule has 4 heterocycles. The lowest BCUT2D eigenvalue weighted by molar-refractivity contribution is -0.130. The Balaban J connectivity index is 1.10. The molecule has 1 unspecified atom stereocenters. The van der Waals surface area contributed by atoms with Gasteiger partial charge in [-0.2, -0.15) is 5.10 Å². The number of carbonyl (C=O) groups is 2. The highest BCUT2D eigenvalue weighted by Crippen LogP contribution is 2.37. The third-order valence-corrected chi connectivity index (χ3v) is 8.88. The molecule has 1 saturated heterocycles. The molecular weight excluding hydrogens is 660 g/mol. The molecule has 0 aliphatic carbocycles. The topological polar surface area (TPSA) is 132 Å². The molecule has 2 aliphatic rings. The van der Waals surface area contributed by atoms with Gasteiger partial charge >= 0.3 is 6.03 Å². The molecule has 262 valence electrons. The molecule has 0 spiro atoms.